The number of sulfonamides is 1. The van der Waals surface area contributed by atoms with Gasteiger partial charge in [0, 0.05) is 7.05 Å². The average Bonchev–Trinajstić information content (AvgIpc) is 2.77. The number of anilines is 1. The van der Waals surface area contributed by atoms with Gasteiger partial charge in [-0.2, -0.15) is 5.10 Å². The number of benzene rings is 1. The van der Waals surface area contributed by atoms with E-state index in [0.29, 0.717) is 5.82 Å². The highest BCUT2D eigenvalue weighted by Crippen LogP contribution is 2.21. The molecule has 7 nitrogen and oxygen atoms in total. The number of nitrogen functional groups attached to an aromatic ring is 1. The van der Waals surface area contributed by atoms with Gasteiger partial charge in [0.05, 0.1) is 17.1 Å². The molecule has 0 saturated heterocycles. The van der Waals surface area contributed by atoms with E-state index in [-0.39, 0.29) is 22.7 Å². The zero-order chi connectivity index (χ0) is 14.9. The number of halogens is 1. The quantitative estimate of drug-likeness (QED) is 0.792. The van der Waals surface area contributed by atoms with Crippen LogP contribution in [-0.4, -0.2) is 23.2 Å². The third-order valence-electron chi connectivity index (χ3n) is 2.65. The van der Waals surface area contributed by atoms with Gasteiger partial charge in [-0.15, -0.1) is 0 Å². The van der Waals surface area contributed by atoms with Crippen molar-refractivity contribution in [1.29, 1.82) is 0 Å². The normalized spacial score (nSPS) is 11.8. The van der Waals surface area contributed by atoms with Crippen LogP contribution in [-0.2, 0) is 23.6 Å². The summed E-state index contributed by atoms with van der Waals surface area (Å²) in [4.78, 5) is 3.84. The van der Waals surface area contributed by atoms with Gasteiger partial charge in [-0.25, -0.2) is 22.5 Å². The van der Waals surface area contributed by atoms with Crippen molar-refractivity contribution in [1.82, 2.24) is 19.5 Å². The van der Waals surface area contributed by atoms with Crippen molar-refractivity contribution in [3.05, 3.63) is 35.7 Å². The minimum atomic E-state index is -3.81. The summed E-state index contributed by atoms with van der Waals surface area (Å²) in [5.41, 5.74) is 5.46. The molecule has 108 valence electrons. The molecule has 0 unspecified atom stereocenters. The van der Waals surface area contributed by atoms with E-state index in [1.54, 1.807) is 7.05 Å². The second-order valence-corrected chi connectivity index (χ2v) is 6.03. The van der Waals surface area contributed by atoms with Gasteiger partial charge < -0.3 is 5.73 Å². The highest BCUT2D eigenvalue weighted by Gasteiger charge is 2.19. The molecule has 20 heavy (non-hydrogen) atoms. The first-order valence-corrected chi connectivity index (χ1v) is 7.18. The number of hydrogen-bond acceptors (Lipinski definition) is 5. The predicted octanol–water partition coefficient (Wildman–Crippen LogP) is 0.323. The van der Waals surface area contributed by atoms with Crippen LogP contribution in [0, 0.1) is 12.7 Å². The second-order valence-electron chi connectivity index (χ2n) is 4.30. The topological polar surface area (TPSA) is 103 Å². The molecule has 0 atom stereocenters. The summed E-state index contributed by atoms with van der Waals surface area (Å²) in [6, 6.07) is 2.18. The second kappa shape index (κ2) is 5.17. The molecule has 9 heteroatoms. The number of hydrogen-bond donors (Lipinski definition) is 2. The molecule has 1 aromatic heterocycles. The van der Waals surface area contributed by atoms with Gasteiger partial charge in [-0.1, -0.05) is 0 Å². The molecule has 2 rings (SSSR count). The van der Waals surface area contributed by atoms with Crippen LogP contribution in [0.2, 0.25) is 0 Å². The molecule has 1 aromatic carbocycles. The van der Waals surface area contributed by atoms with Gasteiger partial charge in [-0.05, 0) is 24.6 Å². The Kier molecular flexibility index (Phi) is 3.73. The summed E-state index contributed by atoms with van der Waals surface area (Å²) in [7, 11) is -2.13. The van der Waals surface area contributed by atoms with Gasteiger partial charge in [0.2, 0.25) is 10.0 Å². The molecule has 0 bridgehead atoms. The van der Waals surface area contributed by atoms with Gasteiger partial charge >= 0.3 is 0 Å². The first-order valence-electron chi connectivity index (χ1n) is 5.69. The van der Waals surface area contributed by atoms with Crippen LogP contribution in [0.4, 0.5) is 10.1 Å². The maximum atomic E-state index is 13.2. The lowest BCUT2D eigenvalue weighted by atomic mass is 10.2. The summed E-state index contributed by atoms with van der Waals surface area (Å²) in [5.74, 6) is -0.309. The van der Waals surface area contributed by atoms with Crippen LogP contribution in [0.3, 0.4) is 0 Å². The fourth-order valence-electron chi connectivity index (χ4n) is 1.66. The molecule has 0 spiro atoms. The third kappa shape index (κ3) is 2.94. The summed E-state index contributed by atoms with van der Waals surface area (Å²) in [6.45, 7) is 1.44. The Labute approximate surface area is 115 Å². The molecule has 3 N–H and O–H groups in total. The predicted molar refractivity (Wildman–Crippen MR) is 70.6 cm³/mol. The van der Waals surface area contributed by atoms with E-state index in [1.165, 1.54) is 17.9 Å². The van der Waals surface area contributed by atoms with E-state index in [2.05, 4.69) is 14.8 Å². The van der Waals surface area contributed by atoms with Crippen LogP contribution in [0.25, 0.3) is 0 Å². The van der Waals surface area contributed by atoms with Gasteiger partial charge in [0.15, 0.2) is 5.82 Å². The lowest BCUT2D eigenvalue weighted by Crippen LogP contribution is -2.25. The van der Waals surface area contributed by atoms with E-state index < -0.39 is 15.8 Å². The molecular formula is C11H14FN5O2S. The number of nitrogens with two attached hydrogens (primary N) is 1. The minimum absolute atomic E-state index is 0.0557. The number of aromatic nitrogens is 3. The van der Waals surface area contributed by atoms with Crippen LogP contribution in [0.15, 0.2) is 23.4 Å². The maximum Gasteiger partial charge on any atom is 0.241 e. The molecule has 1 heterocycles. The molecule has 0 aliphatic heterocycles. The molecule has 2 aromatic rings. The third-order valence-corrected chi connectivity index (χ3v) is 4.19. The van der Waals surface area contributed by atoms with E-state index >= 15 is 0 Å². The first kappa shape index (κ1) is 14.4. The van der Waals surface area contributed by atoms with E-state index in [9.17, 15) is 12.8 Å². The van der Waals surface area contributed by atoms with E-state index in [1.807, 2.05) is 0 Å². The Hall–Kier alpha value is -2.00. The molecule has 0 aliphatic carbocycles. The lowest BCUT2D eigenvalue weighted by Gasteiger charge is -2.09. The van der Waals surface area contributed by atoms with Crippen molar-refractivity contribution >= 4 is 15.7 Å². The Morgan fingerprint density at radius 1 is 1.45 bits per heavy atom. The smallest absolute Gasteiger partial charge is 0.241 e. The summed E-state index contributed by atoms with van der Waals surface area (Å²) < 4.78 is 41.3. The van der Waals surface area contributed by atoms with E-state index in [0.717, 1.165) is 12.1 Å². The largest absolute Gasteiger partial charge is 0.396 e. The Morgan fingerprint density at radius 2 is 2.15 bits per heavy atom. The van der Waals surface area contributed by atoms with Crippen molar-refractivity contribution in [3.63, 3.8) is 0 Å². The van der Waals surface area contributed by atoms with Crippen LogP contribution >= 0.6 is 0 Å². The fraction of sp³-hybridized carbons (Fsp3) is 0.273. The molecule has 0 fully saturated rings. The number of aryl methyl sites for hydroxylation is 2. The molecule has 0 aliphatic rings. The average molecular weight is 299 g/mol. The van der Waals surface area contributed by atoms with E-state index in [4.69, 9.17) is 5.73 Å². The Morgan fingerprint density at radius 3 is 2.75 bits per heavy atom. The van der Waals surface area contributed by atoms with Gasteiger partial charge in [0.25, 0.3) is 0 Å². The summed E-state index contributed by atoms with van der Waals surface area (Å²) in [6.07, 6.45) is 1.46. The standard InChI is InChI=1S/C11H14FN5O2S/c1-7-3-8(12)9(13)4-10(7)20(18,19)15-5-11-14-6-17(2)16-11/h3-4,6,15H,5,13H2,1-2H3. The Balaban J connectivity index is 2.24. The monoisotopic (exact) mass is 299 g/mol. The number of nitrogens with zero attached hydrogens (tertiary/aromatic N) is 3. The number of nitrogens with one attached hydrogen (secondary N) is 1. The zero-order valence-corrected chi connectivity index (χ0v) is 11.8. The molecule has 0 saturated carbocycles. The van der Waals surface area contributed by atoms with Crippen molar-refractivity contribution in [2.45, 2.75) is 18.4 Å². The fourth-order valence-corrected chi connectivity index (χ4v) is 2.90. The van der Waals surface area contributed by atoms with Crippen molar-refractivity contribution < 1.29 is 12.8 Å². The van der Waals surface area contributed by atoms with Crippen LogP contribution < -0.4 is 10.5 Å². The highest BCUT2D eigenvalue weighted by molar-refractivity contribution is 7.89. The molecular weight excluding hydrogens is 285 g/mol. The molecule has 0 radical (unpaired) electrons. The summed E-state index contributed by atoms with van der Waals surface area (Å²) >= 11 is 0. The van der Waals surface area contributed by atoms with Crippen molar-refractivity contribution in [3.8, 4) is 0 Å². The van der Waals surface area contributed by atoms with Crippen LogP contribution in [0.1, 0.15) is 11.4 Å². The Bertz CT molecular complexity index is 741. The van der Waals surface area contributed by atoms with Gasteiger partial charge in [0.1, 0.15) is 12.1 Å². The zero-order valence-electron chi connectivity index (χ0n) is 11.0. The van der Waals surface area contributed by atoms with Crippen molar-refractivity contribution in [2.24, 2.45) is 7.05 Å². The summed E-state index contributed by atoms with van der Waals surface area (Å²) in [5, 5.41) is 3.96. The number of rotatable bonds is 4. The van der Waals surface area contributed by atoms with Crippen LogP contribution in [0.5, 0.6) is 0 Å². The first-order chi connectivity index (χ1) is 9.29. The highest BCUT2D eigenvalue weighted by atomic mass is 32.2. The maximum absolute atomic E-state index is 13.2. The van der Waals surface area contributed by atoms with Crippen molar-refractivity contribution in [2.75, 3.05) is 5.73 Å². The minimum Gasteiger partial charge on any atom is -0.396 e. The lowest BCUT2D eigenvalue weighted by molar-refractivity contribution is 0.577. The van der Waals surface area contributed by atoms with Gasteiger partial charge in [-0.3, -0.25) is 4.68 Å². The SMILES string of the molecule is Cc1cc(F)c(N)cc1S(=O)(=O)NCc1ncn(C)n1. The molecule has 0 amide bonds.